The highest BCUT2D eigenvalue weighted by Gasteiger charge is 2.26. The van der Waals surface area contributed by atoms with E-state index < -0.39 is 0 Å². The zero-order valence-corrected chi connectivity index (χ0v) is 14.6. The number of hydrogen-bond acceptors (Lipinski definition) is 6. The maximum absolute atomic E-state index is 8.90. The molecule has 134 valence electrons. The topological polar surface area (TPSA) is 73.3 Å². The van der Waals surface area contributed by atoms with Gasteiger partial charge in [0.25, 0.3) is 0 Å². The molecule has 2 heterocycles. The lowest BCUT2D eigenvalue weighted by Crippen LogP contribution is -2.47. The molecule has 3 N–H and O–H groups in total. The van der Waals surface area contributed by atoms with Crippen LogP contribution in [0, 0.1) is 0 Å². The second-order valence-electron chi connectivity index (χ2n) is 7.06. The average Bonchev–Trinajstić information content (AvgIpc) is 2.90. The molecule has 1 saturated heterocycles. The molecule has 0 radical (unpaired) electrons. The highest BCUT2D eigenvalue weighted by atomic mass is 16.3. The molecule has 2 aliphatic rings. The molecule has 0 aromatic carbocycles. The molecule has 6 nitrogen and oxygen atoms in total. The molecule has 6 heteroatoms. The molecule has 0 spiro atoms. The van der Waals surface area contributed by atoms with E-state index in [4.69, 9.17) is 5.11 Å². The number of hydrogen-bond donors (Lipinski definition) is 3. The van der Waals surface area contributed by atoms with Gasteiger partial charge in [-0.2, -0.15) is 0 Å². The van der Waals surface area contributed by atoms with Crippen LogP contribution < -0.4 is 10.6 Å². The van der Waals surface area contributed by atoms with E-state index in [0.29, 0.717) is 12.6 Å². The fourth-order valence-electron chi connectivity index (χ4n) is 4.00. The molecule has 1 aliphatic carbocycles. The monoisotopic (exact) mass is 333 g/mol. The van der Waals surface area contributed by atoms with Crippen LogP contribution in [0.15, 0.2) is 12.4 Å². The number of aromatic nitrogens is 2. The number of nitrogens with one attached hydrogen (secondary N) is 2. The van der Waals surface area contributed by atoms with Crippen molar-refractivity contribution in [1.82, 2.24) is 14.9 Å². The number of piperidine rings is 1. The number of anilines is 2. The molecule has 1 saturated carbocycles. The predicted molar refractivity (Wildman–Crippen MR) is 97.3 cm³/mol. The number of rotatable bonds is 6. The smallest absolute Gasteiger partial charge is 0.131 e. The Morgan fingerprint density at radius 3 is 2.62 bits per heavy atom. The van der Waals surface area contributed by atoms with Crippen LogP contribution >= 0.6 is 0 Å². The Morgan fingerprint density at radius 2 is 1.83 bits per heavy atom. The van der Waals surface area contributed by atoms with Crippen LogP contribution in [0.3, 0.4) is 0 Å². The zero-order chi connectivity index (χ0) is 16.6. The van der Waals surface area contributed by atoms with Gasteiger partial charge in [0.1, 0.15) is 18.0 Å². The Morgan fingerprint density at radius 1 is 1.04 bits per heavy atom. The number of aliphatic hydroxyl groups is 1. The molecule has 1 aliphatic heterocycles. The van der Waals surface area contributed by atoms with Crippen molar-refractivity contribution < 1.29 is 5.11 Å². The summed E-state index contributed by atoms with van der Waals surface area (Å²) in [5.41, 5.74) is 0. The van der Waals surface area contributed by atoms with Crippen LogP contribution in [0.5, 0.6) is 0 Å². The second kappa shape index (κ2) is 9.18. The standard InChI is InChI=1S/C18H31N5O/c24-11-9-19-17-12-18(21-14-20-17)22-15-6-5-10-23(13-15)16-7-3-1-2-4-8-16/h12,14-16,24H,1-11,13H2,(H2,19,20,21,22)/t15-/m1/s1. The first-order valence-electron chi connectivity index (χ1n) is 9.52. The highest BCUT2D eigenvalue weighted by molar-refractivity contribution is 5.47. The van der Waals surface area contributed by atoms with Gasteiger partial charge < -0.3 is 15.7 Å². The van der Waals surface area contributed by atoms with Crippen molar-refractivity contribution in [3.05, 3.63) is 12.4 Å². The van der Waals surface area contributed by atoms with Gasteiger partial charge in [0.2, 0.25) is 0 Å². The number of likely N-dealkylation sites (tertiary alicyclic amines) is 1. The van der Waals surface area contributed by atoms with Gasteiger partial charge in [-0.3, -0.25) is 4.90 Å². The first-order chi connectivity index (χ1) is 11.8. The van der Waals surface area contributed by atoms with E-state index in [0.717, 1.165) is 24.2 Å². The molecular weight excluding hydrogens is 302 g/mol. The normalized spacial score (nSPS) is 23.6. The van der Waals surface area contributed by atoms with Crippen LogP contribution in [0.25, 0.3) is 0 Å². The van der Waals surface area contributed by atoms with Gasteiger partial charge in [0, 0.05) is 31.2 Å². The van der Waals surface area contributed by atoms with Gasteiger partial charge in [0.15, 0.2) is 0 Å². The summed E-state index contributed by atoms with van der Waals surface area (Å²) in [5.74, 6) is 1.64. The Labute approximate surface area is 145 Å². The number of nitrogens with zero attached hydrogens (tertiary/aromatic N) is 3. The fourth-order valence-corrected chi connectivity index (χ4v) is 4.00. The van der Waals surface area contributed by atoms with Gasteiger partial charge in [-0.15, -0.1) is 0 Å². The second-order valence-corrected chi connectivity index (χ2v) is 7.06. The van der Waals surface area contributed by atoms with E-state index in [-0.39, 0.29) is 6.61 Å². The Kier molecular flexibility index (Phi) is 6.66. The third kappa shape index (κ3) is 5.05. The largest absolute Gasteiger partial charge is 0.395 e. The molecule has 1 aromatic rings. The summed E-state index contributed by atoms with van der Waals surface area (Å²) < 4.78 is 0. The SMILES string of the molecule is OCCNc1cc(N[C@@H]2CCCN(C3CCCCCC3)C2)ncn1. The van der Waals surface area contributed by atoms with E-state index in [1.54, 1.807) is 6.33 Å². The van der Waals surface area contributed by atoms with Crippen molar-refractivity contribution >= 4 is 11.6 Å². The molecule has 1 aromatic heterocycles. The molecule has 24 heavy (non-hydrogen) atoms. The minimum absolute atomic E-state index is 0.103. The molecule has 1 atom stereocenters. The van der Waals surface area contributed by atoms with Gasteiger partial charge in [-0.25, -0.2) is 9.97 Å². The summed E-state index contributed by atoms with van der Waals surface area (Å²) in [7, 11) is 0. The lowest BCUT2D eigenvalue weighted by molar-refractivity contribution is 0.141. The van der Waals surface area contributed by atoms with Gasteiger partial charge in [-0.1, -0.05) is 25.7 Å². The maximum Gasteiger partial charge on any atom is 0.131 e. The fraction of sp³-hybridized carbons (Fsp3) is 0.778. The van der Waals surface area contributed by atoms with Crippen molar-refractivity contribution in [2.75, 3.05) is 36.9 Å². The molecular formula is C18H31N5O. The highest BCUT2D eigenvalue weighted by Crippen LogP contribution is 2.25. The third-order valence-corrected chi connectivity index (χ3v) is 5.23. The number of aliphatic hydroxyl groups excluding tert-OH is 1. The molecule has 3 rings (SSSR count). The van der Waals surface area contributed by atoms with Crippen molar-refractivity contribution in [2.45, 2.75) is 63.5 Å². The van der Waals surface area contributed by atoms with E-state index >= 15 is 0 Å². The summed E-state index contributed by atoms with van der Waals surface area (Å²) >= 11 is 0. The van der Waals surface area contributed by atoms with Crippen molar-refractivity contribution in [3.8, 4) is 0 Å². The zero-order valence-electron chi connectivity index (χ0n) is 14.6. The lowest BCUT2D eigenvalue weighted by atomic mass is 10.00. The molecule has 2 fully saturated rings. The maximum atomic E-state index is 8.90. The van der Waals surface area contributed by atoms with Gasteiger partial charge in [-0.05, 0) is 32.2 Å². The van der Waals surface area contributed by atoms with E-state index in [1.807, 2.05) is 6.07 Å². The summed E-state index contributed by atoms with van der Waals surface area (Å²) in [6.07, 6.45) is 12.4. The summed E-state index contributed by atoms with van der Waals surface area (Å²) in [5, 5.41) is 15.6. The Balaban J connectivity index is 1.54. The Hall–Kier alpha value is -1.40. The third-order valence-electron chi connectivity index (χ3n) is 5.23. The van der Waals surface area contributed by atoms with E-state index in [2.05, 4.69) is 25.5 Å². The van der Waals surface area contributed by atoms with Crippen molar-refractivity contribution in [1.29, 1.82) is 0 Å². The van der Waals surface area contributed by atoms with Gasteiger partial charge >= 0.3 is 0 Å². The quantitative estimate of drug-likeness (QED) is 0.695. The van der Waals surface area contributed by atoms with Crippen LogP contribution in [0.1, 0.15) is 51.4 Å². The summed E-state index contributed by atoms with van der Waals surface area (Å²) in [6, 6.07) is 3.17. The summed E-state index contributed by atoms with van der Waals surface area (Å²) in [4.78, 5) is 11.2. The minimum atomic E-state index is 0.103. The minimum Gasteiger partial charge on any atom is -0.395 e. The van der Waals surface area contributed by atoms with Gasteiger partial charge in [0.05, 0.1) is 6.61 Å². The molecule has 0 amide bonds. The van der Waals surface area contributed by atoms with E-state index in [9.17, 15) is 0 Å². The van der Waals surface area contributed by atoms with E-state index in [1.165, 1.54) is 57.9 Å². The van der Waals surface area contributed by atoms with Crippen LogP contribution in [0.2, 0.25) is 0 Å². The average molecular weight is 333 g/mol. The molecule has 0 unspecified atom stereocenters. The van der Waals surface area contributed by atoms with Crippen LogP contribution in [-0.4, -0.2) is 58.3 Å². The van der Waals surface area contributed by atoms with Crippen molar-refractivity contribution in [2.24, 2.45) is 0 Å². The predicted octanol–water partition coefficient (Wildman–Crippen LogP) is 2.48. The first kappa shape index (κ1) is 17.4. The lowest BCUT2D eigenvalue weighted by Gasteiger charge is -2.38. The van der Waals surface area contributed by atoms with Crippen LogP contribution in [0.4, 0.5) is 11.6 Å². The summed E-state index contributed by atoms with van der Waals surface area (Å²) in [6.45, 7) is 2.98. The van der Waals surface area contributed by atoms with Crippen LogP contribution in [-0.2, 0) is 0 Å². The Bertz CT molecular complexity index is 490. The first-order valence-corrected chi connectivity index (χ1v) is 9.52. The van der Waals surface area contributed by atoms with Crippen molar-refractivity contribution in [3.63, 3.8) is 0 Å². The molecule has 0 bridgehead atoms.